The third kappa shape index (κ3) is 6.04. The molecule has 5 heteroatoms. The van der Waals surface area contributed by atoms with Crippen LogP contribution in [0.5, 0.6) is 5.75 Å². The Balaban J connectivity index is 2.47. The van der Waals surface area contributed by atoms with Gasteiger partial charge in [0.2, 0.25) is 5.91 Å². The average Bonchev–Trinajstić information content (AvgIpc) is 2.35. The van der Waals surface area contributed by atoms with Crippen LogP contribution in [0.2, 0.25) is 0 Å². The number of carbonyl (C=O) groups is 1. The van der Waals surface area contributed by atoms with Crippen molar-refractivity contribution in [2.24, 2.45) is 0 Å². The number of likely N-dealkylation sites (N-methyl/N-ethyl adjacent to an activating group) is 1. The number of benzene rings is 1. The molecule has 1 rings (SSSR count). The molecule has 0 fully saturated rings. The summed E-state index contributed by atoms with van der Waals surface area (Å²) in [6.07, 6.45) is 0.273. The number of hydrogen-bond acceptors (Lipinski definition) is 4. The van der Waals surface area contributed by atoms with Gasteiger partial charge in [-0.15, -0.1) is 0 Å². The highest BCUT2D eigenvalue weighted by molar-refractivity contribution is 5.78. The fourth-order valence-electron chi connectivity index (χ4n) is 2.06. The van der Waals surface area contributed by atoms with Gasteiger partial charge >= 0.3 is 0 Å². The summed E-state index contributed by atoms with van der Waals surface area (Å²) in [5.41, 5.74) is -0.0535. The van der Waals surface area contributed by atoms with E-state index in [4.69, 9.17) is 4.74 Å². The van der Waals surface area contributed by atoms with E-state index in [9.17, 15) is 9.90 Å². The van der Waals surface area contributed by atoms with Crippen molar-refractivity contribution >= 4 is 5.91 Å². The minimum atomic E-state index is -0.937. The van der Waals surface area contributed by atoms with Gasteiger partial charge in [-0.3, -0.25) is 4.79 Å². The lowest BCUT2D eigenvalue weighted by Crippen LogP contribution is -2.47. The zero-order valence-electron chi connectivity index (χ0n) is 12.6. The molecule has 0 aliphatic rings. The van der Waals surface area contributed by atoms with Crippen LogP contribution in [-0.2, 0) is 11.2 Å². The first-order valence-corrected chi connectivity index (χ1v) is 6.59. The van der Waals surface area contributed by atoms with Gasteiger partial charge in [0.05, 0.1) is 19.1 Å². The SMILES string of the molecule is COc1cccc(CC(=O)NCC(C)(O)CN(C)C)c1. The lowest BCUT2D eigenvalue weighted by atomic mass is 10.1. The maximum Gasteiger partial charge on any atom is 0.224 e. The van der Waals surface area contributed by atoms with Crippen LogP contribution in [0.4, 0.5) is 0 Å². The smallest absolute Gasteiger partial charge is 0.224 e. The number of hydrogen-bond donors (Lipinski definition) is 2. The number of carbonyl (C=O) groups excluding carboxylic acids is 1. The van der Waals surface area contributed by atoms with Gasteiger partial charge in [-0.25, -0.2) is 0 Å². The van der Waals surface area contributed by atoms with E-state index in [1.165, 1.54) is 0 Å². The van der Waals surface area contributed by atoms with Crippen LogP contribution in [0.25, 0.3) is 0 Å². The zero-order chi connectivity index (χ0) is 15.2. The second-order valence-corrected chi connectivity index (χ2v) is 5.54. The van der Waals surface area contributed by atoms with Gasteiger partial charge in [0.15, 0.2) is 0 Å². The number of nitrogens with zero attached hydrogens (tertiary/aromatic N) is 1. The largest absolute Gasteiger partial charge is 0.497 e. The molecular weight excluding hydrogens is 256 g/mol. The maximum atomic E-state index is 11.9. The molecule has 1 aromatic carbocycles. The first-order valence-electron chi connectivity index (χ1n) is 6.59. The predicted octanol–water partition coefficient (Wildman–Crippen LogP) is 0.666. The van der Waals surface area contributed by atoms with Gasteiger partial charge in [-0.2, -0.15) is 0 Å². The average molecular weight is 280 g/mol. The molecule has 0 saturated carbocycles. The van der Waals surface area contributed by atoms with Crippen molar-refractivity contribution in [3.63, 3.8) is 0 Å². The number of ether oxygens (including phenoxy) is 1. The van der Waals surface area contributed by atoms with Crippen molar-refractivity contribution in [3.05, 3.63) is 29.8 Å². The summed E-state index contributed by atoms with van der Waals surface area (Å²) in [5.74, 6) is 0.618. The van der Waals surface area contributed by atoms with E-state index in [1.54, 1.807) is 14.0 Å². The van der Waals surface area contributed by atoms with Crippen molar-refractivity contribution in [1.82, 2.24) is 10.2 Å². The van der Waals surface area contributed by atoms with E-state index < -0.39 is 5.60 Å². The Morgan fingerprint density at radius 3 is 2.75 bits per heavy atom. The van der Waals surface area contributed by atoms with Gasteiger partial charge in [-0.05, 0) is 38.7 Å². The quantitative estimate of drug-likeness (QED) is 0.770. The molecule has 0 heterocycles. The molecule has 1 unspecified atom stereocenters. The Morgan fingerprint density at radius 1 is 1.45 bits per heavy atom. The van der Waals surface area contributed by atoms with Crippen molar-refractivity contribution in [3.8, 4) is 5.75 Å². The van der Waals surface area contributed by atoms with Crippen LogP contribution in [0.1, 0.15) is 12.5 Å². The highest BCUT2D eigenvalue weighted by Gasteiger charge is 2.22. The van der Waals surface area contributed by atoms with E-state index >= 15 is 0 Å². The van der Waals surface area contributed by atoms with Gasteiger partial charge in [0.1, 0.15) is 5.75 Å². The molecule has 0 spiro atoms. The van der Waals surface area contributed by atoms with Crippen LogP contribution in [0.15, 0.2) is 24.3 Å². The first kappa shape index (κ1) is 16.5. The molecule has 20 heavy (non-hydrogen) atoms. The Hall–Kier alpha value is -1.59. The van der Waals surface area contributed by atoms with Gasteiger partial charge in [0, 0.05) is 13.1 Å². The Labute approximate surface area is 120 Å². The van der Waals surface area contributed by atoms with Crippen LogP contribution in [0, 0.1) is 0 Å². The minimum Gasteiger partial charge on any atom is -0.497 e. The molecule has 1 atom stereocenters. The molecular formula is C15H24N2O3. The molecule has 0 aliphatic carbocycles. The Bertz CT molecular complexity index is 444. The van der Waals surface area contributed by atoms with E-state index in [2.05, 4.69) is 5.32 Å². The van der Waals surface area contributed by atoms with Crippen LogP contribution in [-0.4, -0.2) is 55.8 Å². The molecule has 0 saturated heterocycles. The molecule has 0 aromatic heterocycles. The number of amides is 1. The molecule has 5 nitrogen and oxygen atoms in total. The molecule has 112 valence electrons. The zero-order valence-corrected chi connectivity index (χ0v) is 12.6. The van der Waals surface area contributed by atoms with Crippen LogP contribution < -0.4 is 10.1 Å². The van der Waals surface area contributed by atoms with Gasteiger partial charge < -0.3 is 20.1 Å². The molecule has 2 N–H and O–H groups in total. The third-order valence-electron chi connectivity index (χ3n) is 2.82. The topological polar surface area (TPSA) is 61.8 Å². The summed E-state index contributed by atoms with van der Waals surface area (Å²) in [4.78, 5) is 13.8. The number of nitrogens with one attached hydrogen (secondary N) is 1. The van der Waals surface area contributed by atoms with Crippen LogP contribution >= 0.6 is 0 Å². The fraction of sp³-hybridized carbons (Fsp3) is 0.533. The second-order valence-electron chi connectivity index (χ2n) is 5.54. The lowest BCUT2D eigenvalue weighted by Gasteiger charge is -2.27. The Morgan fingerprint density at radius 2 is 2.15 bits per heavy atom. The summed E-state index contributed by atoms with van der Waals surface area (Å²) in [7, 11) is 5.36. The number of aliphatic hydroxyl groups is 1. The summed E-state index contributed by atoms with van der Waals surface area (Å²) in [6, 6.07) is 7.39. The van der Waals surface area contributed by atoms with E-state index in [1.807, 2.05) is 43.3 Å². The fourth-order valence-corrected chi connectivity index (χ4v) is 2.06. The maximum absolute atomic E-state index is 11.9. The van der Waals surface area contributed by atoms with Crippen molar-refractivity contribution in [2.75, 3.05) is 34.3 Å². The van der Waals surface area contributed by atoms with Crippen molar-refractivity contribution < 1.29 is 14.6 Å². The highest BCUT2D eigenvalue weighted by atomic mass is 16.5. The summed E-state index contributed by atoms with van der Waals surface area (Å²) in [5, 5.41) is 12.9. The minimum absolute atomic E-state index is 0.114. The summed E-state index contributed by atoms with van der Waals surface area (Å²) >= 11 is 0. The second kappa shape index (κ2) is 7.26. The monoisotopic (exact) mass is 280 g/mol. The molecule has 1 amide bonds. The van der Waals surface area contributed by atoms with Crippen molar-refractivity contribution in [1.29, 1.82) is 0 Å². The number of methoxy groups -OCH3 is 1. The predicted molar refractivity (Wildman–Crippen MR) is 78.9 cm³/mol. The molecule has 0 radical (unpaired) electrons. The number of rotatable bonds is 7. The standard InChI is InChI=1S/C15H24N2O3/c1-15(19,11-17(2)3)10-16-14(18)9-12-6-5-7-13(8-12)20-4/h5-8,19H,9-11H2,1-4H3,(H,16,18). The Kier molecular flexibility index (Phi) is 5.98. The van der Waals surface area contributed by atoms with Gasteiger partial charge in [0.25, 0.3) is 0 Å². The highest BCUT2D eigenvalue weighted by Crippen LogP contribution is 2.13. The molecule has 0 aliphatic heterocycles. The lowest BCUT2D eigenvalue weighted by molar-refractivity contribution is -0.121. The van der Waals surface area contributed by atoms with E-state index in [0.717, 1.165) is 11.3 Å². The summed E-state index contributed by atoms with van der Waals surface area (Å²) < 4.78 is 5.12. The molecule has 1 aromatic rings. The summed E-state index contributed by atoms with van der Waals surface area (Å²) in [6.45, 7) is 2.43. The van der Waals surface area contributed by atoms with E-state index in [0.29, 0.717) is 6.54 Å². The van der Waals surface area contributed by atoms with E-state index in [-0.39, 0.29) is 18.9 Å². The third-order valence-corrected chi connectivity index (χ3v) is 2.82. The van der Waals surface area contributed by atoms with Crippen LogP contribution in [0.3, 0.4) is 0 Å². The first-order chi connectivity index (χ1) is 9.32. The van der Waals surface area contributed by atoms with Crippen molar-refractivity contribution in [2.45, 2.75) is 18.9 Å². The molecule has 0 bridgehead atoms. The van der Waals surface area contributed by atoms with Gasteiger partial charge in [-0.1, -0.05) is 12.1 Å². The normalized spacial score (nSPS) is 13.9.